The van der Waals surface area contributed by atoms with Crippen LogP contribution in [-0.2, 0) is 4.79 Å². The van der Waals surface area contributed by atoms with Gasteiger partial charge in [-0.2, -0.15) is 0 Å². The predicted molar refractivity (Wildman–Crippen MR) is 65.8 cm³/mol. The van der Waals surface area contributed by atoms with Gasteiger partial charge in [0.2, 0.25) is 0 Å². The van der Waals surface area contributed by atoms with E-state index in [4.69, 9.17) is 4.74 Å². The maximum absolute atomic E-state index is 11.2. The van der Waals surface area contributed by atoms with Gasteiger partial charge in [0.1, 0.15) is 5.75 Å². The minimum atomic E-state index is -0.500. The van der Waals surface area contributed by atoms with E-state index >= 15 is 0 Å². The zero-order valence-corrected chi connectivity index (χ0v) is 9.85. The van der Waals surface area contributed by atoms with Crippen LogP contribution in [0.3, 0.4) is 0 Å². The molecule has 1 amide bonds. The van der Waals surface area contributed by atoms with E-state index < -0.39 is 6.10 Å². The maximum atomic E-state index is 11.2. The van der Waals surface area contributed by atoms with Crippen molar-refractivity contribution in [3.8, 4) is 5.75 Å². The summed E-state index contributed by atoms with van der Waals surface area (Å²) in [5, 5.41) is 11.9. The number of amides is 1. The van der Waals surface area contributed by atoms with E-state index in [1.54, 1.807) is 37.3 Å². The highest BCUT2D eigenvalue weighted by Gasteiger charge is 2.03. The third kappa shape index (κ3) is 4.70. The Hall–Kier alpha value is -1.81. The molecule has 1 aromatic carbocycles. The van der Waals surface area contributed by atoms with Gasteiger partial charge in [0.15, 0.2) is 6.61 Å². The summed E-state index contributed by atoms with van der Waals surface area (Å²) in [5.74, 6) is 0.410. The van der Waals surface area contributed by atoms with Crippen LogP contribution < -0.4 is 10.1 Å². The summed E-state index contributed by atoms with van der Waals surface area (Å²) in [6.07, 6.45) is 1.11. The Morgan fingerprint density at radius 1 is 1.53 bits per heavy atom. The van der Waals surface area contributed by atoms with Crippen molar-refractivity contribution in [3.63, 3.8) is 0 Å². The second-order valence-corrected chi connectivity index (χ2v) is 3.63. The molecule has 0 aliphatic carbocycles. The van der Waals surface area contributed by atoms with E-state index in [1.165, 1.54) is 0 Å². The highest BCUT2D eigenvalue weighted by molar-refractivity contribution is 5.77. The summed E-state index contributed by atoms with van der Waals surface area (Å²) >= 11 is 0. The van der Waals surface area contributed by atoms with E-state index in [-0.39, 0.29) is 12.5 Å². The van der Waals surface area contributed by atoms with Crippen molar-refractivity contribution < 1.29 is 14.6 Å². The minimum Gasteiger partial charge on any atom is -0.484 e. The van der Waals surface area contributed by atoms with Crippen LogP contribution in [0.25, 0.3) is 0 Å². The van der Waals surface area contributed by atoms with Crippen LogP contribution >= 0.6 is 0 Å². The molecule has 4 nitrogen and oxygen atoms in total. The van der Waals surface area contributed by atoms with Gasteiger partial charge in [0, 0.05) is 6.54 Å². The first-order valence-corrected chi connectivity index (χ1v) is 5.42. The summed E-state index contributed by atoms with van der Waals surface area (Å²) in [7, 11) is 0. The fourth-order valence-corrected chi connectivity index (χ4v) is 1.23. The van der Waals surface area contributed by atoms with Crippen molar-refractivity contribution in [1.82, 2.24) is 5.32 Å². The number of benzene rings is 1. The molecule has 1 rings (SSSR count). The molecular formula is C13H17NO3. The Balaban J connectivity index is 2.41. The second-order valence-electron chi connectivity index (χ2n) is 3.63. The fraction of sp³-hybridized carbons (Fsp3) is 0.308. The highest BCUT2D eigenvalue weighted by Crippen LogP contribution is 2.16. The van der Waals surface area contributed by atoms with Crippen molar-refractivity contribution in [2.24, 2.45) is 0 Å². The smallest absolute Gasteiger partial charge is 0.258 e. The van der Waals surface area contributed by atoms with E-state index in [0.29, 0.717) is 12.3 Å². The van der Waals surface area contributed by atoms with Gasteiger partial charge in [-0.1, -0.05) is 18.2 Å². The molecule has 1 atom stereocenters. The van der Waals surface area contributed by atoms with Gasteiger partial charge in [0.25, 0.3) is 5.91 Å². The van der Waals surface area contributed by atoms with Crippen molar-refractivity contribution >= 4 is 5.91 Å². The number of aliphatic hydroxyl groups excluding tert-OH is 1. The number of aliphatic hydroxyl groups is 1. The molecule has 0 bridgehead atoms. The Morgan fingerprint density at radius 2 is 2.18 bits per heavy atom. The minimum absolute atomic E-state index is 0.0259. The third-order valence-electron chi connectivity index (χ3n) is 2.18. The molecule has 2 N–H and O–H groups in total. The number of carbonyl (C=O) groups excluding carboxylic acids is 1. The molecule has 0 radical (unpaired) electrons. The van der Waals surface area contributed by atoms with Gasteiger partial charge in [-0.05, 0) is 24.6 Å². The molecule has 0 fully saturated rings. The lowest BCUT2D eigenvalue weighted by Crippen LogP contribution is -2.28. The summed E-state index contributed by atoms with van der Waals surface area (Å²) < 4.78 is 5.27. The molecule has 0 unspecified atom stereocenters. The Kier molecular flexibility index (Phi) is 5.23. The maximum Gasteiger partial charge on any atom is 0.258 e. The van der Waals surface area contributed by atoms with Gasteiger partial charge in [-0.3, -0.25) is 4.79 Å². The Morgan fingerprint density at radius 3 is 2.71 bits per heavy atom. The lowest BCUT2D eigenvalue weighted by atomic mass is 10.1. The van der Waals surface area contributed by atoms with Crippen LogP contribution in [0.4, 0.5) is 0 Å². The summed E-state index contributed by atoms with van der Waals surface area (Å²) in [5.41, 5.74) is 0.813. The van der Waals surface area contributed by atoms with Crippen molar-refractivity contribution in [2.45, 2.75) is 13.0 Å². The van der Waals surface area contributed by atoms with Gasteiger partial charge < -0.3 is 15.2 Å². The number of carbonyl (C=O) groups is 1. The van der Waals surface area contributed by atoms with Crippen LogP contribution in [0.2, 0.25) is 0 Å². The molecule has 0 aliphatic heterocycles. The molecule has 0 aromatic heterocycles. The fourth-order valence-electron chi connectivity index (χ4n) is 1.23. The Bertz CT molecular complexity index is 371. The van der Waals surface area contributed by atoms with E-state index in [0.717, 1.165) is 5.56 Å². The number of ether oxygens (including phenoxy) is 1. The molecule has 0 heterocycles. The van der Waals surface area contributed by atoms with Crippen LogP contribution in [0.15, 0.2) is 36.9 Å². The highest BCUT2D eigenvalue weighted by atomic mass is 16.5. The van der Waals surface area contributed by atoms with E-state index in [1.807, 2.05) is 0 Å². The van der Waals surface area contributed by atoms with Gasteiger partial charge in [-0.15, -0.1) is 6.58 Å². The lowest BCUT2D eigenvalue weighted by Gasteiger charge is -2.08. The first kappa shape index (κ1) is 13.3. The van der Waals surface area contributed by atoms with Gasteiger partial charge in [0.05, 0.1) is 6.10 Å². The molecular weight excluding hydrogens is 218 g/mol. The summed E-state index contributed by atoms with van der Waals surface area (Å²) in [6, 6.07) is 6.98. The molecule has 4 heteroatoms. The molecule has 0 saturated heterocycles. The molecule has 0 saturated carbocycles. The molecule has 1 aromatic rings. The first-order chi connectivity index (χ1) is 8.13. The topological polar surface area (TPSA) is 58.6 Å². The average Bonchev–Trinajstić information content (AvgIpc) is 2.34. The van der Waals surface area contributed by atoms with Crippen molar-refractivity contribution in [2.75, 3.05) is 13.2 Å². The summed E-state index contributed by atoms with van der Waals surface area (Å²) in [4.78, 5) is 11.2. The quantitative estimate of drug-likeness (QED) is 0.733. The lowest BCUT2D eigenvalue weighted by molar-refractivity contribution is -0.122. The zero-order chi connectivity index (χ0) is 12.7. The molecule has 0 spiro atoms. The number of rotatable bonds is 6. The molecule has 92 valence electrons. The number of hydrogen-bond acceptors (Lipinski definition) is 3. The van der Waals surface area contributed by atoms with Crippen molar-refractivity contribution in [3.05, 3.63) is 42.5 Å². The SMILES string of the molecule is C=CCNC(=O)COc1ccc([C@H](C)O)cc1. The predicted octanol–water partition coefficient (Wildman–Crippen LogP) is 1.42. The molecule has 0 aliphatic rings. The number of nitrogens with one attached hydrogen (secondary N) is 1. The second kappa shape index (κ2) is 6.70. The zero-order valence-electron chi connectivity index (χ0n) is 9.85. The normalized spacial score (nSPS) is 11.6. The van der Waals surface area contributed by atoms with Gasteiger partial charge >= 0.3 is 0 Å². The van der Waals surface area contributed by atoms with E-state index in [2.05, 4.69) is 11.9 Å². The first-order valence-electron chi connectivity index (χ1n) is 5.42. The average molecular weight is 235 g/mol. The molecule has 17 heavy (non-hydrogen) atoms. The van der Waals surface area contributed by atoms with Crippen LogP contribution in [0.1, 0.15) is 18.6 Å². The monoisotopic (exact) mass is 235 g/mol. The summed E-state index contributed by atoms with van der Waals surface area (Å²) in [6.45, 7) is 5.60. The third-order valence-corrected chi connectivity index (χ3v) is 2.18. The largest absolute Gasteiger partial charge is 0.484 e. The van der Waals surface area contributed by atoms with Gasteiger partial charge in [-0.25, -0.2) is 0 Å². The number of hydrogen-bond donors (Lipinski definition) is 2. The van der Waals surface area contributed by atoms with E-state index in [9.17, 15) is 9.90 Å². The Labute approximate surface area is 101 Å². The van der Waals surface area contributed by atoms with Crippen molar-refractivity contribution in [1.29, 1.82) is 0 Å². The van der Waals surface area contributed by atoms with Crippen LogP contribution in [0, 0.1) is 0 Å². The van der Waals surface area contributed by atoms with Crippen LogP contribution in [0.5, 0.6) is 5.75 Å². The van der Waals surface area contributed by atoms with Crippen LogP contribution in [-0.4, -0.2) is 24.2 Å². The standard InChI is InChI=1S/C13H17NO3/c1-3-8-14-13(16)9-17-12-6-4-11(5-7-12)10(2)15/h3-7,10,15H,1,8-9H2,2H3,(H,14,16)/t10-/m0/s1.